The number of hydrogen-bond donors (Lipinski definition) is 1. The number of rotatable bonds is 4. The summed E-state index contributed by atoms with van der Waals surface area (Å²) in [6, 6.07) is 5.79. The number of fused-ring (bicyclic) bond motifs is 1. The third kappa shape index (κ3) is 2.58. The largest absolute Gasteiger partial charge is 0.493 e. The average molecular weight is 300 g/mol. The van der Waals surface area contributed by atoms with Gasteiger partial charge in [0.05, 0.1) is 25.3 Å². The molecule has 1 aromatic carbocycles. The van der Waals surface area contributed by atoms with Gasteiger partial charge in [0.25, 0.3) is 0 Å². The third-order valence-corrected chi connectivity index (χ3v) is 4.17. The monoisotopic (exact) mass is 300 g/mol. The lowest BCUT2D eigenvalue weighted by atomic mass is 9.77. The van der Waals surface area contributed by atoms with E-state index in [1.165, 1.54) is 0 Å². The lowest BCUT2D eigenvalue weighted by molar-refractivity contribution is -0.126. The molecule has 116 valence electrons. The molecule has 2 aliphatic rings. The highest BCUT2D eigenvalue weighted by Crippen LogP contribution is 2.34. The molecule has 0 radical (unpaired) electrons. The maximum Gasteiger partial charge on any atom is 0.244 e. The molecule has 2 atom stereocenters. The van der Waals surface area contributed by atoms with Gasteiger partial charge in [-0.05, 0) is 38.0 Å². The van der Waals surface area contributed by atoms with Crippen molar-refractivity contribution < 1.29 is 14.3 Å². The van der Waals surface area contributed by atoms with Crippen LogP contribution in [0, 0.1) is 11.8 Å². The van der Waals surface area contributed by atoms with E-state index in [0.717, 1.165) is 24.1 Å². The van der Waals surface area contributed by atoms with Crippen LogP contribution in [0.1, 0.15) is 25.3 Å². The summed E-state index contributed by atoms with van der Waals surface area (Å²) >= 11 is 0. The Kier molecular flexibility index (Phi) is 4.13. The van der Waals surface area contributed by atoms with Crippen LogP contribution in [-0.4, -0.2) is 25.3 Å². The van der Waals surface area contributed by atoms with E-state index in [1.54, 1.807) is 7.11 Å². The Labute approximate surface area is 130 Å². The number of ether oxygens (including phenoxy) is 2. The summed E-state index contributed by atoms with van der Waals surface area (Å²) in [6.45, 7) is 2.50. The second kappa shape index (κ2) is 6.22. The molecule has 1 aliphatic carbocycles. The molecule has 1 aliphatic heterocycles. The molecule has 5 heteroatoms. The van der Waals surface area contributed by atoms with Crippen LogP contribution in [0.3, 0.4) is 0 Å². The number of nitrogens with one attached hydrogen (secondary N) is 1. The first-order valence-electron chi connectivity index (χ1n) is 7.58. The van der Waals surface area contributed by atoms with Gasteiger partial charge in [-0.1, -0.05) is 12.2 Å². The Bertz CT molecular complexity index is 637. The lowest BCUT2D eigenvalue weighted by Crippen LogP contribution is -2.42. The van der Waals surface area contributed by atoms with Gasteiger partial charge in [-0.2, -0.15) is 5.10 Å². The van der Waals surface area contributed by atoms with Crippen LogP contribution in [0.2, 0.25) is 0 Å². The normalized spacial score (nSPS) is 23.4. The summed E-state index contributed by atoms with van der Waals surface area (Å²) in [5.41, 5.74) is 4.53. The fourth-order valence-corrected chi connectivity index (χ4v) is 3.07. The van der Waals surface area contributed by atoms with Gasteiger partial charge < -0.3 is 9.47 Å². The molecule has 0 saturated heterocycles. The molecule has 1 N–H and O–H groups in total. The number of allylic oxidation sites excluding steroid dienone is 2. The molecule has 0 aromatic heterocycles. The van der Waals surface area contributed by atoms with Crippen LogP contribution < -0.4 is 14.9 Å². The molecule has 1 heterocycles. The van der Waals surface area contributed by atoms with Crippen molar-refractivity contribution in [3.8, 4) is 11.5 Å². The van der Waals surface area contributed by atoms with Crippen molar-refractivity contribution in [2.75, 3.05) is 13.7 Å². The Morgan fingerprint density at radius 3 is 2.73 bits per heavy atom. The molecule has 5 nitrogen and oxygen atoms in total. The summed E-state index contributed by atoms with van der Waals surface area (Å²) in [5.74, 6) is 1.50. The number of methoxy groups -OCH3 is 1. The molecular weight excluding hydrogens is 280 g/mol. The van der Waals surface area contributed by atoms with E-state index in [1.807, 2.05) is 25.1 Å². The average Bonchev–Trinajstić information content (AvgIpc) is 2.56. The van der Waals surface area contributed by atoms with Crippen LogP contribution >= 0.6 is 0 Å². The predicted molar refractivity (Wildman–Crippen MR) is 84.2 cm³/mol. The van der Waals surface area contributed by atoms with Crippen molar-refractivity contribution in [1.82, 2.24) is 5.43 Å². The van der Waals surface area contributed by atoms with Crippen molar-refractivity contribution in [3.05, 3.63) is 35.9 Å². The number of nitrogens with zero attached hydrogens (tertiary/aromatic N) is 1. The highest BCUT2D eigenvalue weighted by atomic mass is 16.5. The van der Waals surface area contributed by atoms with Crippen LogP contribution in [0.25, 0.3) is 0 Å². The first-order chi connectivity index (χ1) is 10.7. The fourth-order valence-electron chi connectivity index (χ4n) is 3.07. The van der Waals surface area contributed by atoms with Gasteiger partial charge in [-0.15, -0.1) is 0 Å². The van der Waals surface area contributed by atoms with E-state index < -0.39 is 0 Å². The highest BCUT2D eigenvalue weighted by Gasteiger charge is 2.36. The van der Waals surface area contributed by atoms with E-state index >= 15 is 0 Å². The van der Waals surface area contributed by atoms with E-state index in [-0.39, 0.29) is 17.7 Å². The van der Waals surface area contributed by atoms with Crippen LogP contribution in [0.15, 0.2) is 35.5 Å². The lowest BCUT2D eigenvalue weighted by Gasteiger charge is -2.32. The van der Waals surface area contributed by atoms with Gasteiger partial charge in [-0.3, -0.25) is 4.79 Å². The number of carbonyl (C=O) groups excluding carboxylic acids is 1. The van der Waals surface area contributed by atoms with E-state index in [4.69, 9.17) is 9.47 Å². The molecule has 3 rings (SSSR count). The minimum atomic E-state index is -0.0323. The number of hydrogen-bond acceptors (Lipinski definition) is 4. The Morgan fingerprint density at radius 1 is 1.23 bits per heavy atom. The van der Waals surface area contributed by atoms with Crippen molar-refractivity contribution in [1.29, 1.82) is 0 Å². The number of hydrazone groups is 1. The van der Waals surface area contributed by atoms with Gasteiger partial charge in [0.1, 0.15) is 0 Å². The Morgan fingerprint density at radius 2 is 2.00 bits per heavy atom. The Balaban J connectivity index is 1.97. The minimum Gasteiger partial charge on any atom is -0.493 e. The topological polar surface area (TPSA) is 59.9 Å². The van der Waals surface area contributed by atoms with Crippen LogP contribution in [-0.2, 0) is 4.79 Å². The summed E-state index contributed by atoms with van der Waals surface area (Å²) < 4.78 is 11.0. The van der Waals surface area contributed by atoms with Gasteiger partial charge in [-0.25, -0.2) is 5.43 Å². The van der Waals surface area contributed by atoms with Crippen molar-refractivity contribution in [2.24, 2.45) is 16.9 Å². The van der Waals surface area contributed by atoms with Gasteiger partial charge in [0.15, 0.2) is 11.5 Å². The quantitative estimate of drug-likeness (QED) is 0.869. The van der Waals surface area contributed by atoms with Crippen molar-refractivity contribution in [3.63, 3.8) is 0 Å². The predicted octanol–water partition coefficient (Wildman–Crippen LogP) is 2.51. The molecule has 0 unspecified atom stereocenters. The smallest absolute Gasteiger partial charge is 0.244 e. The van der Waals surface area contributed by atoms with Gasteiger partial charge in [0.2, 0.25) is 5.91 Å². The summed E-state index contributed by atoms with van der Waals surface area (Å²) in [7, 11) is 1.62. The fraction of sp³-hybridized carbons (Fsp3) is 0.412. The van der Waals surface area contributed by atoms with Crippen molar-refractivity contribution in [2.45, 2.75) is 19.8 Å². The molecule has 0 saturated carbocycles. The zero-order valence-corrected chi connectivity index (χ0v) is 12.8. The summed E-state index contributed by atoms with van der Waals surface area (Å²) in [5, 5.41) is 4.31. The maximum absolute atomic E-state index is 12.0. The highest BCUT2D eigenvalue weighted by molar-refractivity contribution is 6.07. The zero-order valence-electron chi connectivity index (χ0n) is 12.8. The molecule has 1 amide bonds. The first kappa shape index (κ1) is 14.6. The molecular formula is C17H20N2O3. The third-order valence-electron chi connectivity index (χ3n) is 4.17. The van der Waals surface area contributed by atoms with E-state index in [9.17, 15) is 4.79 Å². The van der Waals surface area contributed by atoms with Crippen LogP contribution in [0.4, 0.5) is 0 Å². The summed E-state index contributed by atoms with van der Waals surface area (Å²) in [6.07, 6.45) is 5.81. The van der Waals surface area contributed by atoms with Crippen LogP contribution in [0.5, 0.6) is 11.5 Å². The molecule has 22 heavy (non-hydrogen) atoms. The van der Waals surface area contributed by atoms with E-state index in [2.05, 4.69) is 22.7 Å². The SMILES string of the molecule is CCOc1cc(C2=NNC(=O)[C@@H]3CC=CC[C@H]23)ccc1OC. The van der Waals surface area contributed by atoms with E-state index in [0.29, 0.717) is 18.1 Å². The second-order valence-electron chi connectivity index (χ2n) is 5.43. The van der Waals surface area contributed by atoms with Crippen molar-refractivity contribution >= 4 is 11.6 Å². The first-order valence-corrected chi connectivity index (χ1v) is 7.58. The second-order valence-corrected chi connectivity index (χ2v) is 5.43. The molecule has 0 spiro atoms. The number of carbonyl (C=O) groups is 1. The molecule has 0 bridgehead atoms. The number of benzene rings is 1. The van der Waals surface area contributed by atoms with Gasteiger partial charge >= 0.3 is 0 Å². The molecule has 1 aromatic rings. The summed E-state index contributed by atoms with van der Waals surface area (Å²) in [4.78, 5) is 12.0. The maximum atomic E-state index is 12.0. The standard InChI is InChI=1S/C17H20N2O3/c1-3-22-15-10-11(8-9-14(15)21-2)16-12-6-4-5-7-13(12)17(20)19-18-16/h4-5,8-10,12-13H,3,6-7H2,1-2H3,(H,19,20)/t12-,13+/m0/s1. The zero-order chi connectivity index (χ0) is 15.5. The van der Waals surface area contributed by atoms with Gasteiger partial charge in [0, 0.05) is 11.5 Å². The Hall–Kier alpha value is -2.30. The molecule has 0 fully saturated rings. The number of amides is 1. The minimum absolute atomic E-state index is 0.0108.